The quantitative estimate of drug-likeness (QED) is 0.178. The highest BCUT2D eigenvalue weighted by Crippen LogP contribution is 2.37. The first-order valence-electron chi connectivity index (χ1n) is 12.5. The summed E-state index contributed by atoms with van der Waals surface area (Å²) in [5.41, 5.74) is 5.69. The fourth-order valence-electron chi connectivity index (χ4n) is 4.31. The Morgan fingerprint density at radius 1 is 0.892 bits per heavy atom. The third-order valence-corrected chi connectivity index (χ3v) is 6.63. The van der Waals surface area contributed by atoms with Crippen molar-refractivity contribution in [3.63, 3.8) is 0 Å². The van der Waals surface area contributed by atoms with Crippen LogP contribution in [0, 0.1) is 12.3 Å². The number of amides is 1. The number of carbonyl (C=O) groups is 2. The molecule has 1 aliphatic carbocycles. The molecular formula is C31H33N3O3. The number of anilines is 1. The molecule has 0 unspecified atom stereocenters. The van der Waals surface area contributed by atoms with Gasteiger partial charge in [0.1, 0.15) is 23.0 Å². The Morgan fingerprint density at radius 2 is 1.43 bits per heavy atom. The number of phenols is 1. The number of benzene rings is 3. The number of ketones is 1. The van der Waals surface area contributed by atoms with E-state index in [1.54, 1.807) is 0 Å². The van der Waals surface area contributed by atoms with Crippen molar-refractivity contribution in [2.45, 2.75) is 53.9 Å². The van der Waals surface area contributed by atoms with E-state index in [1.807, 2.05) is 102 Å². The lowest BCUT2D eigenvalue weighted by molar-refractivity contribution is -0.125. The summed E-state index contributed by atoms with van der Waals surface area (Å²) >= 11 is 0. The minimum absolute atomic E-state index is 0.0111. The highest BCUT2D eigenvalue weighted by atomic mass is 16.3. The van der Waals surface area contributed by atoms with Crippen molar-refractivity contribution in [3.8, 4) is 16.9 Å². The number of aryl methyl sites for hydroxylation is 1. The number of rotatable bonds is 6. The lowest BCUT2D eigenvalue weighted by Gasteiger charge is -2.18. The van der Waals surface area contributed by atoms with Crippen LogP contribution in [0.15, 0.2) is 70.9 Å². The Hall–Kier alpha value is -4.06. The first kappa shape index (κ1) is 26.0. The zero-order valence-electron chi connectivity index (χ0n) is 22.2. The number of fused-ring (bicyclic) bond motifs is 3. The van der Waals surface area contributed by atoms with E-state index in [9.17, 15) is 14.7 Å². The fraction of sp³-hybridized carbons (Fsp3) is 0.290. The molecule has 0 aliphatic heterocycles. The molecule has 4 rings (SSSR count). The average Bonchev–Trinajstić information content (AvgIpc) is 3.17. The summed E-state index contributed by atoms with van der Waals surface area (Å²) in [7, 11) is 0. The maximum Gasteiger partial charge on any atom is 0.272 e. The zero-order valence-corrected chi connectivity index (χ0v) is 22.2. The van der Waals surface area contributed by atoms with Gasteiger partial charge < -0.3 is 10.4 Å². The largest absolute Gasteiger partial charge is 0.505 e. The van der Waals surface area contributed by atoms with E-state index in [4.69, 9.17) is 0 Å². The molecule has 2 N–H and O–H groups in total. The van der Waals surface area contributed by atoms with E-state index in [2.05, 4.69) is 15.5 Å². The van der Waals surface area contributed by atoms with Gasteiger partial charge in [0, 0.05) is 16.5 Å². The number of phenolic OH excluding ortho intramolecular Hbond substituents is 1. The van der Waals surface area contributed by atoms with Crippen LogP contribution < -0.4 is 5.32 Å². The second-order valence-electron chi connectivity index (χ2n) is 10.7. The predicted octanol–water partition coefficient (Wildman–Crippen LogP) is 6.64. The summed E-state index contributed by atoms with van der Waals surface area (Å²) in [6.07, 6.45) is -0.181. The van der Waals surface area contributed by atoms with Crippen molar-refractivity contribution in [1.82, 2.24) is 0 Å². The topological polar surface area (TPSA) is 91.1 Å². The van der Waals surface area contributed by atoms with Crippen molar-refractivity contribution in [2.24, 2.45) is 15.6 Å². The molecule has 0 radical (unpaired) electrons. The molecular weight excluding hydrogens is 462 g/mol. The Balaban J connectivity index is 1.77. The van der Waals surface area contributed by atoms with E-state index in [-0.39, 0.29) is 29.6 Å². The Morgan fingerprint density at radius 3 is 1.95 bits per heavy atom. The first-order chi connectivity index (χ1) is 17.5. The van der Waals surface area contributed by atoms with Crippen molar-refractivity contribution in [3.05, 3.63) is 82.9 Å². The van der Waals surface area contributed by atoms with Crippen LogP contribution in [-0.2, 0) is 9.59 Å². The van der Waals surface area contributed by atoms with E-state index >= 15 is 0 Å². The van der Waals surface area contributed by atoms with Crippen LogP contribution in [0.1, 0.15) is 69.2 Å². The molecule has 6 nitrogen and oxygen atoms in total. The summed E-state index contributed by atoms with van der Waals surface area (Å²) in [4.78, 5) is 26.4. The lowest BCUT2D eigenvalue weighted by atomic mass is 9.87. The van der Waals surface area contributed by atoms with Gasteiger partial charge in [0.15, 0.2) is 0 Å². The van der Waals surface area contributed by atoms with Gasteiger partial charge >= 0.3 is 0 Å². The van der Waals surface area contributed by atoms with Gasteiger partial charge in [0.25, 0.3) is 5.91 Å². The predicted molar refractivity (Wildman–Crippen MR) is 150 cm³/mol. The summed E-state index contributed by atoms with van der Waals surface area (Å²) in [6, 6.07) is 19.5. The summed E-state index contributed by atoms with van der Waals surface area (Å²) < 4.78 is 0. The van der Waals surface area contributed by atoms with Gasteiger partial charge in [0.2, 0.25) is 0 Å². The minimum Gasteiger partial charge on any atom is -0.505 e. The number of nitrogens with one attached hydrogen (secondary N) is 1. The van der Waals surface area contributed by atoms with Crippen molar-refractivity contribution in [1.29, 1.82) is 0 Å². The minimum atomic E-state index is -0.656. The third-order valence-electron chi connectivity index (χ3n) is 6.63. The van der Waals surface area contributed by atoms with E-state index in [1.165, 1.54) is 0 Å². The number of hydrogen-bond acceptors (Lipinski definition) is 5. The van der Waals surface area contributed by atoms with Crippen LogP contribution in [-0.4, -0.2) is 28.2 Å². The zero-order chi connectivity index (χ0) is 26.9. The highest BCUT2D eigenvalue weighted by molar-refractivity contribution is 6.46. The van der Waals surface area contributed by atoms with Crippen LogP contribution >= 0.6 is 0 Å². The molecule has 1 amide bonds. The number of nitrogens with zero attached hydrogens (tertiary/aromatic N) is 2. The maximum atomic E-state index is 13.5. The van der Waals surface area contributed by atoms with Crippen LogP contribution in [0.5, 0.6) is 5.75 Å². The number of Topliss-reactive ketones (excluding diaryl/α,β-unsaturated/α-hetero) is 1. The molecule has 6 heteroatoms. The van der Waals surface area contributed by atoms with Gasteiger partial charge in [-0.15, -0.1) is 10.2 Å². The van der Waals surface area contributed by atoms with Crippen LogP contribution in [0.25, 0.3) is 11.1 Å². The third kappa shape index (κ3) is 5.24. The van der Waals surface area contributed by atoms with Crippen LogP contribution in [0.2, 0.25) is 0 Å². The smallest absolute Gasteiger partial charge is 0.272 e. The van der Waals surface area contributed by atoms with E-state index in [0.29, 0.717) is 17.0 Å². The molecule has 0 fully saturated rings. The van der Waals surface area contributed by atoms with Gasteiger partial charge in [-0.1, -0.05) is 95.3 Å². The molecule has 0 aromatic heterocycles. The number of hydrogen-bond donors (Lipinski definition) is 2. The van der Waals surface area contributed by atoms with Gasteiger partial charge in [-0.3, -0.25) is 9.59 Å². The monoisotopic (exact) mass is 495 g/mol. The van der Waals surface area contributed by atoms with Crippen molar-refractivity contribution >= 4 is 28.8 Å². The molecule has 37 heavy (non-hydrogen) atoms. The molecule has 0 saturated heterocycles. The molecule has 0 saturated carbocycles. The lowest BCUT2D eigenvalue weighted by Crippen LogP contribution is -2.30. The molecule has 0 heterocycles. The fourth-order valence-corrected chi connectivity index (χ4v) is 4.31. The molecule has 3 aromatic rings. The number of carbonyl (C=O) groups excluding carboxylic acids is 2. The Labute approximate surface area is 218 Å². The maximum absolute atomic E-state index is 13.5. The molecule has 0 spiro atoms. The Bertz CT molecular complexity index is 1390. The van der Waals surface area contributed by atoms with Gasteiger partial charge in [0.05, 0.1) is 12.1 Å². The van der Waals surface area contributed by atoms with Crippen molar-refractivity contribution < 1.29 is 14.7 Å². The average molecular weight is 496 g/mol. The summed E-state index contributed by atoms with van der Waals surface area (Å²) in [5, 5.41) is 22.5. The molecule has 0 atom stereocenters. The van der Waals surface area contributed by atoms with Crippen molar-refractivity contribution in [2.75, 3.05) is 5.32 Å². The van der Waals surface area contributed by atoms with Gasteiger partial charge in [-0.25, -0.2) is 0 Å². The molecule has 190 valence electrons. The van der Waals surface area contributed by atoms with Crippen LogP contribution in [0.4, 0.5) is 5.69 Å². The second kappa shape index (κ2) is 10.1. The van der Waals surface area contributed by atoms with Gasteiger partial charge in [-0.2, -0.15) is 0 Å². The second-order valence-corrected chi connectivity index (χ2v) is 10.7. The summed E-state index contributed by atoms with van der Waals surface area (Å²) in [6.45, 7) is 11.2. The van der Waals surface area contributed by atoms with Crippen LogP contribution in [0.3, 0.4) is 0 Å². The molecule has 0 bridgehead atoms. The Kier molecular flexibility index (Phi) is 7.12. The van der Waals surface area contributed by atoms with E-state index < -0.39 is 11.3 Å². The molecule has 3 aromatic carbocycles. The molecule has 1 aliphatic rings. The van der Waals surface area contributed by atoms with E-state index in [0.717, 1.165) is 27.8 Å². The normalized spacial score (nSPS) is 12.8. The van der Waals surface area contributed by atoms with Gasteiger partial charge in [-0.05, 0) is 35.1 Å². The number of aromatic hydroxyl groups is 1. The summed E-state index contributed by atoms with van der Waals surface area (Å²) in [5.74, 6) is -0.609. The SMILES string of the molecule is Cc1ccc(C(C)C)c(O)c1NC(=O)C(CC(=O)C(C)(C)C)=NN=C1c2ccccc2-c2ccccc21. The standard InChI is InChI=1S/C31H33N3O3/c1-18(2)20-16-15-19(3)27(29(20)36)32-30(37)25(17-26(35)31(4,5)6)33-34-28-23-13-9-7-11-21(23)22-12-8-10-14-24(22)28/h7-16,18,36H,17H2,1-6H3,(H,32,37). The highest BCUT2D eigenvalue weighted by Gasteiger charge is 2.28. The first-order valence-corrected chi connectivity index (χ1v) is 12.5.